The molecule has 0 heterocycles. The highest BCUT2D eigenvalue weighted by molar-refractivity contribution is 5.94. The molecule has 0 saturated heterocycles. The molecule has 5 aromatic carbocycles. The van der Waals surface area contributed by atoms with Crippen LogP contribution in [0.25, 0.3) is 21.9 Å². The van der Waals surface area contributed by atoms with Crippen molar-refractivity contribution in [3.63, 3.8) is 0 Å². The fraction of sp³-hybridized carbons (Fsp3) is 0.317. The van der Waals surface area contributed by atoms with Crippen LogP contribution < -0.4 is 0 Å². The van der Waals surface area contributed by atoms with Gasteiger partial charge >= 0.3 is 0 Å². The molecular formula is C41H46. The summed E-state index contributed by atoms with van der Waals surface area (Å²) in [6.07, 6.45) is 6.75. The Balaban J connectivity index is 1.50. The summed E-state index contributed by atoms with van der Waals surface area (Å²) in [5.74, 6) is 0. The van der Waals surface area contributed by atoms with Crippen molar-refractivity contribution < 1.29 is 0 Å². The van der Waals surface area contributed by atoms with Gasteiger partial charge in [0.2, 0.25) is 0 Å². The Morgan fingerprint density at radius 2 is 0.927 bits per heavy atom. The fourth-order valence-electron chi connectivity index (χ4n) is 6.80. The predicted octanol–water partition coefficient (Wildman–Crippen LogP) is 11.0. The minimum absolute atomic E-state index is 1.09. The van der Waals surface area contributed by atoms with E-state index in [1.165, 1.54) is 83.1 Å². The first-order valence-electron chi connectivity index (χ1n) is 15.4. The van der Waals surface area contributed by atoms with Gasteiger partial charge < -0.3 is 0 Å². The molecule has 0 aliphatic carbocycles. The molecule has 0 aromatic heterocycles. The van der Waals surface area contributed by atoms with Gasteiger partial charge in [-0.15, -0.1) is 0 Å². The van der Waals surface area contributed by atoms with Gasteiger partial charge in [-0.25, -0.2) is 0 Å². The number of rotatable bonds is 9. The third-order valence-electron chi connectivity index (χ3n) is 8.69. The van der Waals surface area contributed by atoms with Gasteiger partial charge in [0, 0.05) is 0 Å². The summed E-state index contributed by atoms with van der Waals surface area (Å²) in [6, 6.07) is 30.6. The van der Waals surface area contributed by atoms with Crippen LogP contribution in [-0.4, -0.2) is 0 Å². The maximum atomic E-state index is 2.49. The molecule has 0 aliphatic rings. The van der Waals surface area contributed by atoms with Gasteiger partial charge in [-0.05, 0) is 148 Å². The Labute approximate surface area is 248 Å². The minimum atomic E-state index is 1.09. The molecule has 0 heteroatoms. The van der Waals surface area contributed by atoms with Crippen LogP contribution in [0.3, 0.4) is 0 Å². The van der Waals surface area contributed by atoms with Crippen molar-refractivity contribution in [3.8, 4) is 11.1 Å². The van der Waals surface area contributed by atoms with Gasteiger partial charge in [-0.3, -0.25) is 0 Å². The summed E-state index contributed by atoms with van der Waals surface area (Å²) < 4.78 is 0. The summed E-state index contributed by atoms with van der Waals surface area (Å²) in [4.78, 5) is 0. The number of aryl methyl sites for hydroxylation is 10. The normalized spacial score (nSPS) is 11.4. The molecule has 0 radical (unpaired) electrons. The summed E-state index contributed by atoms with van der Waals surface area (Å²) in [5.41, 5.74) is 18.2. The quantitative estimate of drug-likeness (QED) is 0.175. The van der Waals surface area contributed by atoms with E-state index in [0.29, 0.717) is 0 Å². The molecule has 0 amide bonds. The SMILES string of the molecule is Cc1cc(C)cc(CCCc2cc(-c3cccc(C)c3C)cc3c(CCCc4cc(C)cc(C)c4)cc(C)cc23)c1. The second kappa shape index (κ2) is 12.5. The van der Waals surface area contributed by atoms with E-state index in [1.54, 1.807) is 0 Å². The van der Waals surface area contributed by atoms with Gasteiger partial charge in [0.1, 0.15) is 0 Å². The lowest BCUT2D eigenvalue weighted by Gasteiger charge is -2.17. The van der Waals surface area contributed by atoms with Crippen molar-refractivity contribution in [2.24, 2.45) is 0 Å². The van der Waals surface area contributed by atoms with Crippen LogP contribution in [-0.2, 0) is 25.7 Å². The van der Waals surface area contributed by atoms with Crippen LogP contribution in [0.1, 0.15) is 74.0 Å². The fourth-order valence-corrected chi connectivity index (χ4v) is 6.80. The number of benzene rings is 5. The highest BCUT2D eigenvalue weighted by atomic mass is 14.2. The van der Waals surface area contributed by atoms with Crippen LogP contribution in [0.5, 0.6) is 0 Å². The van der Waals surface area contributed by atoms with Crippen LogP contribution in [0.4, 0.5) is 0 Å². The van der Waals surface area contributed by atoms with Crippen LogP contribution in [0.2, 0.25) is 0 Å². The summed E-state index contributed by atoms with van der Waals surface area (Å²) in [7, 11) is 0. The first kappa shape index (κ1) is 28.9. The van der Waals surface area contributed by atoms with Gasteiger partial charge in [0.05, 0.1) is 0 Å². The van der Waals surface area contributed by atoms with Crippen LogP contribution in [0, 0.1) is 48.5 Å². The zero-order chi connectivity index (χ0) is 29.1. The Morgan fingerprint density at radius 1 is 0.439 bits per heavy atom. The lowest BCUT2D eigenvalue weighted by Crippen LogP contribution is -1.98. The van der Waals surface area contributed by atoms with Crippen molar-refractivity contribution in [2.45, 2.75) is 87.0 Å². The molecule has 5 rings (SSSR count). The third-order valence-corrected chi connectivity index (χ3v) is 8.69. The van der Waals surface area contributed by atoms with Crippen molar-refractivity contribution in [2.75, 3.05) is 0 Å². The van der Waals surface area contributed by atoms with Crippen LogP contribution in [0.15, 0.2) is 78.9 Å². The topological polar surface area (TPSA) is 0 Å². The zero-order valence-electron chi connectivity index (χ0n) is 26.2. The van der Waals surface area contributed by atoms with E-state index in [2.05, 4.69) is 127 Å². The molecule has 0 nitrogen and oxygen atoms in total. The van der Waals surface area contributed by atoms with Crippen molar-refractivity contribution in [1.82, 2.24) is 0 Å². The lowest BCUT2D eigenvalue weighted by atomic mass is 9.87. The van der Waals surface area contributed by atoms with Crippen molar-refractivity contribution >= 4 is 10.8 Å². The zero-order valence-corrected chi connectivity index (χ0v) is 26.2. The van der Waals surface area contributed by atoms with E-state index >= 15 is 0 Å². The largest absolute Gasteiger partial charge is 0.0614 e. The Kier molecular flexibility index (Phi) is 8.79. The molecule has 0 aliphatic heterocycles. The second-order valence-electron chi connectivity index (χ2n) is 12.6. The minimum Gasteiger partial charge on any atom is -0.0614 e. The molecule has 0 fully saturated rings. The predicted molar refractivity (Wildman–Crippen MR) is 179 cm³/mol. The lowest BCUT2D eigenvalue weighted by molar-refractivity contribution is 0.819. The van der Waals surface area contributed by atoms with Crippen molar-refractivity contribution in [3.05, 3.63) is 140 Å². The van der Waals surface area contributed by atoms with E-state index in [-0.39, 0.29) is 0 Å². The van der Waals surface area contributed by atoms with Gasteiger partial charge in [0.15, 0.2) is 0 Å². The first-order chi connectivity index (χ1) is 19.7. The van der Waals surface area contributed by atoms with E-state index in [1.807, 2.05) is 0 Å². The summed E-state index contributed by atoms with van der Waals surface area (Å²) in [5, 5.41) is 2.89. The number of fused-ring (bicyclic) bond motifs is 1. The maximum absolute atomic E-state index is 2.49. The molecule has 0 unspecified atom stereocenters. The monoisotopic (exact) mass is 538 g/mol. The first-order valence-corrected chi connectivity index (χ1v) is 15.4. The van der Waals surface area contributed by atoms with Gasteiger partial charge in [0.25, 0.3) is 0 Å². The highest BCUT2D eigenvalue weighted by Crippen LogP contribution is 2.34. The molecule has 5 aromatic rings. The molecule has 0 N–H and O–H groups in total. The molecule has 41 heavy (non-hydrogen) atoms. The summed E-state index contributed by atoms with van der Waals surface area (Å²) in [6.45, 7) is 15.6. The Morgan fingerprint density at radius 3 is 1.49 bits per heavy atom. The standard InChI is InChI=1S/C41H46/c1-27-17-28(2)20-34(19-27)12-9-14-36-23-31(5)24-40-37(15-10-13-35-21-29(3)18-30(4)22-35)25-38(26-41(36)40)39-16-8-11-32(6)33(39)7/h8,11,16-26H,9-10,12-15H2,1-7H3. The number of hydrogen-bond donors (Lipinski definition) is 0. The maximum Gasteiger partial charge on any atom is -0.0143 e. The van der Waals surface area contributed by atoms with E-state index < -0.39 is 0 Å². The molecule has 0 atom stereocenters. The molecular weight excluding hydrogens is 492 g/mol. The average Bonchev–Trinajstić information content (AvgIpc) is 2.89. The van der Waals surface area contributed by atoms with Crippen molar-refractivity contribution in [1.29, 1.82) is 0 Å². The second-order valence-corrected chi connectivity index (χ2v) is 12.6. The molecule has 0 bridgehead atoms. The van der Waals surface area contributed by atoms with Gasteiger partial charge in [-0.2, -0.15) is 0 Å². The molecule has 0 saturated carbocycles. The van der Waals surface area contributed by atoms with E-state index in [4.69, 9.17) is 0 Å². The van der Waals surface area contributed by atoms with Gasteiger partial charge in [-0.1, -0.05) is 101 Å². The van der Waals surface area contributed by atoms with Crippen LogP contribution >= 0.6 is 0 Å². The highest BCUT2D eigenvalue weighted by Gasteiger charge is 2.13. The summed E-state index contributed by atoms with van der Waals surface area (Å²) >= 11 is 0. The molecule has 0 spiro atoms. The Bertz CT molecular complexity index is 1660. The molecule has 210 valence electrons. The van der Waals surface area contributed by atoms with E-state index in [9.17, 15) is 0 Å². The van der Waals surface area contributed by atoms with E-state index in [0.717, 1.165) is 38.5 Å². The Hall–Kier alpha value is -3.64. The number of hydrogen-bond acceptors (Lipinski definition) is 0. The third kappa shape index (κ3) is 6.99. The average molecular weight is 539 g/mol. The smallest absolute Gasteiger partial charge is 0.0143 e.